The number of anilines is 2. The lowest BCUT2D eigenvalue weighted by atomic mass is 10.0. The molecule has 1 aliphatic rings. The van der Waals surface area contributed by atoms with E-state index in [0.29, 0.717) is 13.0 Å². The third-order valence-electron chi connectivity index (χ3n) is 3.45. The first-order valence-electron chi connectivity index (χ1n) is 6.95. The van der Waals surface area contributed by atoms with Gasteiger partial charge in [-0.25, -0.2) is 0 Å². The Labute approximate surface area is 118 Å². The molecule has 104 valence electrons. The number of nitrogens with zero attached hydrogens (tertiary/aromatic N) is 2. The maximum Gasteiger partial charge on any atom is 0.226 e. The van der Waals surface area contributed by atoms with Gasteiger partial charge in [-0.05, 0) is 42.7 Å². The number of aryl methyl sites for hydroxylation is 2. The molecule has 0 bridgehead atoms. The predicted octanol–water partition coefficient (Wildman–Crippen LogP) is 2.27. The van der Waals surface area contributed by atoms with Crippen molar-refractivity contribution < 1.29 is 4.79 Å². The molecule has 0 saturated carbocycles. The lowest BCUT2D eigenvalue weighted by molar-refractivity contribution is -0.116. The summed E-state index contributed by atoms with van der Waals surface area (Å²) in [6.07, 6.45) is 6.21. The highest BCUT2D eigenvalue weighted by atomic mass is 16.1. The maximum atomic E-state index is 11.9. The number of rotatable bonds is 4. The molecule has 0 radical (unpaired) electrons. The van der Waals surface area contributed by atoms with Crippen LogP contribution in [-0.2, 0) is 17.8 Å². The van der Waals surface area contributed by atoms with Crippen molar-refractivity contribution >= 4 is 17.3 Å². The Kier molecular flexibility index (Phi) is 3.67. The molecule has 0 saturated heterocycles. The van der Waals surface area contributed by atoms with Crippen molar-refractivity contribution in [1.29, 1.82) is 0 Å². The third kappa shape index (κ3) is 2.99. The van der Waals surface area contributed by atoms with Crippen LogP contribution in [0.3, 0.4) is 0 Å². The van der Waals surface area contributed by atoms with E-state index in [0.717, 1.165) is 25.1 Å². The molecule has 1 amide bonds. The Morgan fingerprint density at radius 1 is 1.45 bits per heavy atom. The molecule has 1 aromatic carbocycles. The molecule has 5 nitrogen and oxygen atoms in total. The zero-order valence-corrected chi connectivity index (χ0v) is 11.3. The average Bonchev–Trinajstić information content (AvgIpc) is 2.98. The molecule has 3 rings (SSSR count). The highest BCUT2D eigenvalue weighted by Crippen LogP contribution is 2.25. The molecular weight excluding hydrogens is 252 g/mol. The summed E-state index contributed by atoms with van der Waals surface area (Å²) >= 11 is 0. The molecule has 0 aliphatic carbocycles. The third-order valence-corrected chi connectivity index (χ3v) is 3.45. The van der Waals surface area contributed by atoms with Gasteiger partial charge in [0.25, 0.3) is 0 Å². The van der Waals surface area contributed by atoms with Crippen LogP contribution in [0.15, 0.2) is 36.7 Å². The van der Waals surface area contributed by atoms with E-state index in [1.54, 1.807) is 10.9 Å². The van der Waals surface area contributed by atoms with Gasteiger partial charge in [0.2, 0.25) is 5.91 Å². The smallest absolute Gasteiger partial charge is 0.226 e. The monoisotopic (exact) mass is 270 g/mol. The van der Waals surface area contributed by atoms with Gasteiger partial charge in [-0.15, -0.1) is 0 Å². The molecule has 2 N–H and O–H groups in total. The number of aromatic nitrogens is 2. The average molecular weight is 270 g/mol. The summed E-state index contributed by atoms with van der Waals surface area (Å²) in [4.78, 5) is 11.9. The fourth-order valence-electron chi connectivity index (χ4n) is 2.42. The van der Waals surface area contributed by atoms with Crippen molar-refractivity contribution in [3.8, 4) is 0 Å². The molecule has 2 heterocycles. The molecule has 20 heavy (non-hydrogen) atoms. The van der Waals surface area contributed by atoms with E-state index in [1.165, 1.54) is 11.3 Å². The highest BCUT2D eigenvalue weighted by Gasteiger charge is 2.10. The summed E-state index contributed by atoms with van der Waals surface area (Å²) in [5, 5.41) is 10.4. The fourth-order valence-corrected chi connectivity index (χ4v) is 2.42. The Bertz CT molecular complexity index is 592. The molecule has 5 heteroatoms. The molecule has 1 aromatic heterocycles. The highest BCUT2D eigenvalue weighted by molar-refractivity contribution is 5.91. The van der Waals surface area contributed by atoms with Crippen molar-refractivity contribution in [2.75, 3.05) is 17.2 Å². The van der Waals surface area contributed by atoms with E-state index in [9.17, 15) is 4.79 Å². The van der Waals surface area contributed by atoms with Crippen LogP contribution in [0.2, 0.25) is 0 Å². The van der Waals surface area contributed by atoms with Gasteiger partial charge >= 0.3 is 0 Å². The second kappa shape index (κ2) is 5.77. The topological polar surface area (TPSA) is 59.0 Å². The molecule has 0 atom stereocenters. The number of hydrogen-bond donors (Lipinski definition) is 2. The van der Waals surface area contributed by atoms with Crippen LogP contribution in [0.5, 0.6) is 0 Å². The SMILES string of the molecule is O=C(CCn1cccn1)Nc1ccc2c(c1)CCCN2. The van der Waals surface area contributed by atoms with Crippen LogP contribution in [0.1, 0.15) is 18.4 Å². The Morgan fingerprint density at radius 3 is 3.25 bits per heavy atom. The first kappa shape index (κ1) is 12.7. The first-order chi connectivity index (χ1) is 9.81. The minimum atomic E-state index is 0.0178. The largest absolute Gasteiger partial charge is 0.385 e. The van der Waals surface area contributed by atoms with Gasteiger partial charge in [0.15, 0.2) is 0 Å². The van der Waals surface area contributed by atoms with Crippen molar-refractivity contribution in [2.45, 2.75) is 25.8 Å². The van der Waals surface area contributed by atoms with Crippen molar-refractivity contribution in [3.63, 3.8) is 0 Å². The number of benzene rings is 1. The van der Waals surface area contributed by atoms with Crippen LogP contribution < -0.4 is 10.6 Å². The van der Waals surface area contributed by atoms with E-state index in [-0.39, 0.29) is 5.91 Å². The zero-order chi connectivity index (χ0) is 13.8. The number of fused-ring (bicyclic) bond motifs is 1. The van der Waals surface area contributed by atoms with Gasteiger partial charge in [-0.2, -0.15) is 5.10 Å². The summed E-state index contributed by atoms with van der Waals surface area (Å²) in [5.74, 6) is 0.0178. The molecule has 2 aromatic rings. The zero-order valence-electron chi connectivity index (χ0n) is 11.3. The lowest BCUT2D eigenvalue weighted by Gasteiger charge is -2.18. The maximum absolute atomic E-state index is 11.9. The van der Waals surface area contributed by atoms with Crippen molar-refractivity contribution in [1.82, 2.24) is 9.78 Å². The van der Waals surface area contributed by atoms with Gasteiger partial charge in [0, 0.05) is 43.3 Å². The van der Waals surface area contributed by atoms with E-state index in [4.69, 9.17) is 0 Å². The standard InChI is InChI=1S/C15H18N4O/c20-15(6-10-19-9-2-8-17-19)18-13-4-5-14-12(11-13)3-1-7-16-14/h2,4-5,8-9,11,16H,1,3,6-7,10H2,(H,18,20). The number of carbonyl (C=O) groups excluding carboxylic acids is 1. The van der Waals surface area contributed by atoms with Crippen LogP contribution in [0.25, 0.3) is 0 Å². The molecule has 0 fully saturated rings. The van der Waals surface area contributed by atoms with E-state index in [2.05, 4.69) is 21.8 Å². The second-order valence-electron chi connectivity index (χ2n) is 4.97. The van der Waals surface area contributed by atoms with E-state index >= 15 is 0 Å². The minimum Gasteiger partial charge on any atom is -0.385 e. The van der Waals surface area contributed by atoms with Gasteiger partial charge in [0.05, 0.1) is 0 Å². The van der Waals surface area contributed by atoms with Crippen LogP contribution in [0.4, 0.5) is 11.4 Å². The first-order valence-corrected chi connectivity index (χ1v) is 6.95. The summed E-state index contributed by atoms with van der Waals surface area (Å²) in [6.45, 7) is 1.63. The minimum absolute atomic E-state index is 0.0178. The van der Waals surface area contributed by atoms with Gasteiger partial charge in [0.1, 0.15) is 0 Å². The molecule has 0 spiro atoms. The summed E-state index contributed by atoms with van der Waals surface area (Å²) in [7, 11) is 0. The van der Waals surface area contributed by atoms with E-state index in [1.807, 2.05) is 24.4 Å². The second-order valence-corrected chi connectivity index (χ2v) is 4.97. The van der Waals surface area contributed by atoms with Crippen LogP contribution in [-0.4, -0.2) is 22.2 Å². The Hall–Kier alpha value is -2.30. The van der Waals surface area contributed by atoms with Gasteiger partial charge < -0.3 is 10.6 Å². The quantitative estimate of drug-likeness (QED) is 0.896. The number of nitrogens with one attached hydrogen (secondary N) is 2. The molecule has 1 aliphatic heterocycles. The van der Waals surface area contributed by atoms with Gasteiger partial charge in [-0.3, -0.25) is 9.48 Å². The Morgan fingerprint density at radius 2 is 2.40 bits per heavy atom. The number of hydrogen-bond acceptors (Lipinski definition) is 3. The van der Waals surface area contributed by atoms with Gasteiger partial charge in [-0.1, -0.05) is 0 Å². The Balaban J connectivity index is 1.58. The van der Waals surface area contributed by atoms with Crippen molar-refractivity contribution in [2.24, 2.45) is 0 Å². The fraction of sp³-hybridized carbons (Fsp3) is 0.333. The lowest BCUT2D eigenvalue weighted by Crippen LogP contribution is -2.16. The summed E-state index contributed by atoms with van der Waals surface area (Å²) < 4.78 is 1.76. The number of amides is 1. The predicted molar refractivity (Wildman–Crippen MR) is 78.7 cm³/mol. The van der Waals surface area contributed by atoms with Crippen molar-refractivity contribution in [3.05, 3.63) is 42.2 Å². The number of carbonyl (C=O) groups is 1. The summed E-state index contributed by atoms with van der Waals surface area (Å²) in [6, 6.07) is 7.91. The van der Waals surface area contributed by atoms with Crippen LogP contribution >= 0.6 is 0 Å². The normalized spacial score (nSPS) is 13.4. The molecule has 0 unspecified atom stereocenters. The van der Waals surface area contributed by atoms with E-state index < -0.39 is 0 Å². The summed E-state index contributed by atoms with van der Waals surface area (Å²) in [5.41, 5.74) is 3.34. The van der Waals surface area contributed by atoms with Crippen LogP contribution in [0, 0.1) is 0 Å². The molecular formula is C15H18N4O.